The molecule has 2 heterocycles. The highest BCUT2D eigenvalue weighted by Gasteiger charge is 2.31. The minimum absolute atomic E-state index is 0.0183. The first-order chi connectivity index (χ1) is 14.8. The molecule has 1 saturated heterocycles. The van der Waals surface area contributed by atoms with E-state index in [9.17, 15) is 18.0 Å². The predicted octanol–water partition coefficient (Wildman–Crippen LogP) is 2.09. The van der Waals surface area contributed by atoms with Gasteiger partial charge in [-0.1, -0.05) is 24.3 Å². The number of amides is 1. The number of esters is 1. The fourth-order valence-electron chi connectivity index (χ4n) is 3.60. The lowest BCUT2D eigenvalue weighted by Gasteiger charge is -2.15. The van der Waals surface area contributed by atoms with Crippen LogP contribution in [0.1, 0.15) is 41.3 Å². The van der Waals surface area contributed by atoms with E-state index in [1.54, 1.807) is 49.4 Å². The van der Waals surface area contributed by atoms with E-state index in [0.717, 1.165) is 31.5 Å². The van der Waals surface area contributed by atoms with Crippen molar-refractivity contribution in [1.82, 2.24) is 9.62 Å². The minimum Gasteiger partial charge on any atom is -0.459 e. The van der Waals surface area contributed by atoms with Gasteiger partial charge in [-0.05, 0) is 49.6 Å². The summed E-state index contributed by atoms with van der Waals surface area (Å²) in [5.41, 5.74) is 1.79. The molecule has 0 saturated carbocycles. The zero-order valence-corrected chi connectivity index (χ0v) is 17.9. The number of sulfonamides is 1. The van der Waals surface area contributed by atoms with Crippen LogP contribution >= 0.6 is 0 Å². The third-order valence-corrected chi connectivity index (χ3v) is 6.70. The van der Waals surface area contributed by atoms with Crippen LogP contribution in [0.15, 0.2) is 58.4 Å². The quantitative estimate of drug-likeness (QED) is 0.716. The fraction of sp³-hybridized carbons (Fsp3) is 0.318. The predicted molar refractivity (Wildman–Crippen MR) is 114 cm³/mol. The van der Waals surface area contributed by atoms with Gasteiger partial charge in [-0.25, -0.2) is 13.2 Å². The van der Waals surface area contributed by atoms with E-state index in [0.29, 0.717) is 11.1 Å². The van der Waals surface area contributed by atoms with Crippen molar-refractivity contribution in [2.24, 2.45) is 4.99 Å². The van der Waals surface area contributed by atoms with Crippen LogP contribution in [0.3, 0.4) is 0 Å². The number of carbonyl (C=O) groups excluding carboxylic acids is 2. The Bertz CT molecular complexity index is 1140. The molecule has 0 aromatic heterocycles. The molecule has 0 unspecified atom stereocenters. The van der Waals surface area contributed by atoms with Gasteiger partial charge in [0.05, 0.1) is 4.90 Å². The summed E-state index contributed by atoms with van der Waals surface area (Å²) in [6, 6.07) is 12.6. The van der Waals surface area contributed by atoms with Crippen LogP contribution in [-0.4, -0.2) is 50.2 Å². The van der Waals surface area contributed by atoms with Gasteiger partial charge in [-0.3, -0.25) is 14.5 Å². The Kier molecular flexibility index (Phi) is 5.77. The van der Waals surface area contributed by atoms with E-state index in [1.807, 2.05) is 4.90 Å². The maximum Gasteiger partial charge on any atom is 0.330 e. The number of ether oxygens (including phenoxy) is 1. The summed E-state index contributed by atoms with van der Waals surface area (Å²) < 4.78 is 32.0. The number of carbonyl (C=O) groups is 2. The molecule has 31 heavy (non-hydrogen) atoms. The fourth-order valence-corrected chi connectivity index (χ4v) is 4.84. The van der Waals surface area contributed by atoms with Crippen LogP contribution < -0.4 is 4.72 Å². The van der Waals surface area contributed by atoms with Gasteiger partial charge < -0.3 is 9.64 Å². The van der Waals surface area contributed by atoms with Crippen LogP contribution in [0.2, 0.25) is 0 Å². The Morgan fingerprint density at radius 1 is 1.10 bits per heavy atom. The van der Waals surface area contributed by atoms with Crippen LogP contribution in [-0.2, 0) is 26.2 Å². The summed E-state index contributed by atoms with van der Waals surface area (Å²) in [7, 11) is -3.66. The molecule has 0 spiro atoms. The lowest BCUT2D eigenvalue weighted by Crippen LogP contribution is -2.27. The van der Waals surface area contributed by atoms with Gasteiger partial charge in [0.1, 0.15) is 18.5 Å². The number of fused-ring (bicyclic) bond motifs is 1. The van der Waals surface area contributed by atoms with Crippen molar-refractivity contribution in [2.45, 2.75) is 37.3 Å². The van der Waals surface area contributed by atoms with Crippen LogP contribution in [0, 0.1) is 0 Å². The Hall–Kier alpha value is -3.20. The van der Waals surface area contributed by atoms with Gasteiger partial charge >= 0.3 is 5.97 Å². The molecule has 2 aromatic rings. The second-order valence-corrected chi connectivity index (χ2v) is 9.21. The van der Waals surface area contributed by atoms with E-state index >= 15 is 0 Å². The smallest absolute Gasteiger partial charge is 0.330 e. The summed E-state index contributed by atoms with van der Waals surface area (Å²) >= 11 is 0. The van der Waals surface area contributed by atoms with Gasteiger partial charge in [0.15, 0.2) is 0 Å². The molecule has 2 aliphatic rings. The molecule has 0 aliphatic carbocycles. The molecule has 2 aromatic carbocycles. The third kappa shape index (κ3) is 4.46. The first-order valence-electron chi connectivity index (χ1n) is 10.1. The van der Waals surface area contributed by atoms with Gasteiger partial charge in [-0.2, -0.15) is 0 Å². The van der Waals surface area contributed by atoms with E-state index in [1.165, 1.54) is 6.07 Å². The van der Waals surface area contributed by atoms with Gasteiger partial charge in [-0.15, -0.1) is 0 Å². The van der Waals surface area contributed by atoms with Crippen molar-refractivity contribution in [3.8, 4) is 0 Å². The number of aliphatic imine (C=N–C) groups is 1. The lowest BCUT2D eigenvalue weighted by molar-refractivity contribution is -0.146. The molecule has 2 aliphatic heterocycles. The van der Waals surface area contributed by atoms with E-state index in [2.05, 4.69) is 9.71 Å². The monoisotopic (exact) mass is 441 g/mol. The first kappa shape index (κ1) is 21.0. The second-order valence-electron chi connectivity index (χ2n) is 7.56. The first-order valence-corrected chi connectivity index (χ1v) is 11.6. The summed E-state index contributed by atoms with van der Waals surface area (Å²) in [5, 5.41) is 0. The minimum atomic E-state index is -3.66. The lowest BCUT2D eigenvalue weighted by atomic mass is 10.1. The molecule has 1 fully saturated rings. The van der Waals surface area contributed by atoms with Crippen molar-refractivity contribution in [1.29, 1.82) is 0 Å². The maximum absolute atomic E-state index is 12.4. The molecule has 1 atom stereocenters. The molecule has 1 amide bonds. The SMILES string of the molecule is C[C@H](N=C1NS(=O)(=O)c2ccccc21)C(=O)OCc1ccc(C(=O)N2CCCC2)cc1. The largest absolute Gasteiger partial charge is 0.459 e. The molecule has 8 nitrogen and oxygen atoms in total. The van der Waals surface area contributed by atoms with Gasteiger partial charge in [0, 0.05) is 24.2 Å². The zero-order chi connectivity index (χ0) is 22.0. The van der Waals surface area contributed by atoms with Gasteiger partial charge in [0.25, 0.3) is 15.9 Å². The van der Waals surface area contributed by atoms with Crippen LogP contribution in [0.5, 0.6) is 0 Å². The molecule has 9 heteroatoms. The summed E-state index contributed by atoms with van der Waals surface area (Å²) in [6.07, 6.45) is 2.07. The van der Waals surface area contributed by atoms with Crippen molar-refractivity contribution in [3.63, 3.8) is 0 Å². The zero-order valence-electron chi connectivity index (χ0n) is 17.1. The van der Waals surface area contributed by atoms with Crippen molar-refractivity contribution in [3.05, 3.63) is 65.2 Å². The Balaban J connectivity index is 1.37. The number of hydrogen-bond donors (Lipinski definition) is 1. The third-order valence-electron chi connectivity index (χ3n) is 5.30. The van der Waals surface area contributed by atoms with Gasteiger partial charge in [0.2, 0.25) is 0 Å². The highest BCUT2D eigenvalue weighted by atomic mass is 32.2. The highest BCUT2D eigenvalue weighted by Crippen LogP contribution is 2.22. The molecule has 4 rings (SSSR count). The molecule has 162 valence electrons. The molecule has 0 bridgehead atoms. The number of nitrogens with one attached hydrogen (secondary N) is 1. The molecule has 0 radical (unpaired) electrons. The number of hydrogen-bond acceptors (Lipinski definition) is 6. The number of nitrogens with zero attached hydrogens (tertiary/aromatic N) is 2. The highest BCUT2D eigenvalue weighted by molar-refractivity contribution is 7.90. The summed E-state index contributed by atoms with van der Waals surface area (Å²) in [4.78, 5) is 30.9. The molecule has 1 N–H and O–H groups in total. The van der Waals surface area contributed by atoms with Crippen molar-refractivity contribution < 1.29 is 22.7 Å². The Morgan fingerprint density at radius 2 is 1.77 bits per heavy atom. The van der Waals surface area contributed by atoms with Crippen molar-refractivity contribution >= 4 is 27.7 Å². The van der Waals surface area contributed by atoms with Crippen LogP contribution in [0.4, 0.5) is 0 Å². The average Bonchev–Trinajstić information content (AvgIpc) is 3.39. The Morgan fingerprint density at radius 3 is 2.48 bits per heavy atom. The standard InChI is InChI=1S/C22H23N3O5S/c1-15(23-20-18-6-2-3-7-19(18)31(28,29)24-20)22(27)30-14-16-8-10-17(11-9-16)21(26)25-12-4-5-13-25/h2-3,6-11,15H,4-5,12-14H2,1H3,(H,23,24)/t15-/m0/s1. The number of rotatable bonds is 5. The second kappa shape index (κ2) is 8.50. The van der Waals surface area contributed by atoms with Crippen LogP contribution in [0.25, 0.3) is 0 Å². The number of benzene rings is 2. The normalized spacial score (nSPS) is 19.0. The number of likely N-dealkylation sites (tertiary alicyclic amines) is 1. The average molecular weight is 442 g/mol. The molecular formula is C22H23N3O5S. The molecular weight excluding hydrogens is 418 g/mol. The Labute approximate surface area is 181 Å². The van der Waals surface area contributed by atoms with E-state index in [4.69, 9.17) is 4.74 Å². The number of amidine groups is 1. The maximum atomic E-state index is 12.4. The van der Waals surface area contributed by atoms with E-state index in [-0.39, 0.29) is 23.2 Å². The summed E-state index contributed by atoms with van der Waals surface area (Å²) in [5.74, 6) is -0.428. The van der Waals surface area contributed by atoms with E-state index < -0.39 is 22.0 Å². The van der Waals surface area contributed by atoms with Crippen molar-refractivity contribution in [2.75, 3.05) is 13.1 Å². The summed E-state index contributed by atoms with van der Waals surface area (Å²) in [6.45, 7) is 3.16. The topological polar surface area (TPSA) is 105 Å².